The molecule has 2 aromatic rings. The van der Waals surface area contributed by atoms with Crippen LogP contribution in [0.15, 0.2) is 30.5 Å². The largest absolute Gasteiger partial charge is 0.481 e. The first-order chi connectivity index (χ1) is 10.1. The van der Waals surface area contributed by atoms with Crippen molar-refractivity contribution in [3.8, 4) is 0 Å². The minimum atomic E-state index is -0.877. The fraction of sp³-hybridized carbons (Fsp3) is 0.214. The molecule has 6 nitrogen and oxygen atoms in total. The number of hydrogen-bond donors (Lipinski definition) is 2. The minimum absolute atomic E-state index is 0.222. The highest BCUT2D eigenvalue weighted by atomic mass is 35.5. The van der Waals surface area contributed by atoms with Gasteiger partial charge in [0.1, 0.15) is 0 Å². The standard InChI is InChI=1S/C14H12ClN3O3/c15-10-3-4-11(12-9(10)2-1-5-16-12)17-14(21)18-6-8(7-18)13(19)20/h1-5,8H,6-7H2,(H,17,21)(H,19,20). The van der Waals surface area contributed by atoms with Gasteiger partial charge in [-0.1, -0.05) is 11.6 Å². The van der Waals surface area contributed by atoms with E-state index in [-0.39, 0.29) is 19.1 Å². The molecular weight excluding hydrogens is 294 g/mol. The molecule has 0 bridgehead atoms. The van der Waals surface area contributed by atoms with Gasteiger partial charge in [-0.2, -0.15) is 0 Å². The number of pyridine rings is 1. The van der Waals surface area contributed by atoms with Gasteiger partial charge in [0, 0.05) is 24.7 Å². The van der Waals surface area contributed by atoms with Gasteiger partial charge in [-0.25, -0.2) is 4.79 Å². The maximum absolute atomic E-state index is 12.1. The number of rotatable bonds is 2. The molecule has 0 radical (unpaired) electrons. The lowest BCUT2D eigenvalue weighted by Gasteiger charge is -2.36. The Morgan fingerprint density at radius 1 is 1.33 bits per heavy atom. The lowest BCUT2D eigenvalue weighted by Crippen LogP contribution is -2.54. The molecule has 0 saturated carbocycles. The summed E-state index contributed by atoms with van der Waals surface area (Å²) < 4.78 is 0. The summed E-state index contributed by atoms with van der Waals surface area (Å²) in [6.07, 6.45) is 1.62. The molecule has 3 rings (SSSR count). The van der Waals surface area contributed by atoms with Gasteiger partial charge in [0.05, 0.1) is 22.1 Å². The van der Waals surface area contributed by atoms with Crippen LogP contribution in [0.2, 0.25) is 5.02 Å². The summed E-state index contributed by atoms with van der Waals surface area (Å²) in [6.45, 7) is 0.445. The second-order valence-electron chi connectivity index (χ2n) is 4.86. The van der Waals surface area contributed by atoms with Crippen LogP contribution < -0.4 is 5.32 Å². The Balaban J connectivity index is 1.78. The zero-order valence-corrected chi connectivity index (χ0v) is 11.7. The average molecular weight is 306 g/mol. The van der Waals surface area contributed by atoms with E-state index in [1.807, 2.05) is 6.07 Å². The predicted molar refractivity (Wildman–Crippen MR) is 78.5 cm³/mol. The van der Waals surface area contributed by atoms with E-state index >= 15 is 0 Å². The highest BCUT2D eigenvalue weighted by molar-refractivity contribution is 6.35. The molecule has 1 aromatic carbocycles. The monoisotopic (exact) mass is 305 g/mol. The van der Waals surface area contributed by atoms with Crippen LogP contribution in [0.1, 0.15) is 0 Å². The Morgan fingerprint density at radius 2 is 2.10 bits per heavy atom. The van der Waals surface area contributed by atoms with Gasteiger partial charge in [-0.05, 0) is 24.3 Å². The number of aromatic nitrogens is 1. The number of nitrogens with zero attached hydrogens (tertiary/aromatic N) is 2. The van der Waals surface area contributed by atoms with Crippen molar-refractivity contribution >= 4 is 40.2 Å². The number of benzene rings is 1. The second kappa shape index (κ2) is 5.21. The van der Waals surface area contributed by atoms with E-state index in [1.165, 1.54) is 4.90 Å². The molecule has 0 unspecified atom stereocenters. The lowest BCUT2D eigenvalue weighted by atomic mass is 10.0. The van der Waals surface area contributed by atoms with Gasteiger partial charge in [-0.15, -0.1) is 0 Å². The second-order valence-corrected chi connectivity index (χ2v) is 5.27. The molecular formula is C14H12ClN3O3. The molecule has 108 valence electrons. The number of hydrogen-bond acceptors (Lipinski definition) is 3. The van der Waals surface area contributed by atoms with Crippen molar-refractivity contribution in [1.82, 2.24) is 9.88 Å². The molecule has 1 aromatic heterocycles. The van der Waals surface area contributed by atoms with Crippen molar-refractivity contribution in [3.63, 3.8) is 0 Å². The smallest absolute Gasteiger partial charge is 0.321 e. The molecule has 1 aliphatic heterocycles. The van der Waals surface area contributed by atoms with Crippen LogP contribution in [0.5, 0.6) is 0 Å². The minimum Gasteiger partial charge on any atom is -0.481 e. The molecule has 21 heavy (non-hydrogen) atoms. The van der Waals surface area contributed by atoms with Crippen LogP contribution in [0.4, 0.5) is 10.5 Å². The summed E-state index contributed by atoms with van der Waals surface area (Å²) in [5.41, 5.74) is 1.16. The molecule has 7 heteroatoms. The number of nitrogens with one attached hydrogen (secondary N) is 1. The van der Waals surface area contributed by atoms with Crippen molar-refractivity contribution in [3.05, 3.63) is 35.5 Å². The van der Waals surface area contributed by atoms with E-state index in [2.05, 4.69) is 10.3 Å². The highest BCUT2D eigenvalue weighted by Crippen LogP contribution is 2.28. The maximum Gasteiger partial charge on any atom is 0.321 e. The van der Waals surface area contributed by atoms with Gasteiger partial charge in [-0.3, -0.25) is 9.78 Å². The molecule has 2 N–H and O–H groups in total. The van der Waals surface area contributed by atoms with Crippen LogP contribution in [0.3, 0.4) is 0 Å². The number of fused-ring (bicyclic) bond motifs is 1. The number of carbonyl (C=O) groups is 2. The van der Waals surface area contributed by atoms with Gasteiger partial charge in [0.25, 0.3) is 0 Å². The lowest BCUT2D eigenvalue weighted by molar-refractivity contribution is -0.145. The van der Waals surface area contributed by atoms with Crippen molar-refractivity contribution in [2.75, 3.05) is 18.4 Å². The Labute approximate surface area is 125 Å². The van der Waals surface area contributed by atoms with Gasteiger partial charge in [0.15, 0.2) is 0 Å². The number of carbonyl (C=O) groups excluding carboxylic acids is 1. The van der Waals surface area contributed by atoms with Crippen LogP contribution in [-0.2, 0) is 4.79 Å². The molecule has 0 aliphatic carbocycles. The number of urea groups is 1. The number of aliphatic carboxylic acids is 1. The Hall–Kier alpha value is -2.34. The zero-order valence-electron chi connectivity index (χ0n) is 10.9. The molecule has 1 fully saturated rings. The predicted octanol–water partition coefficient (Wildman–Crippen LogP) is 2.44. The van der Waals surface area contributed by atoms with Gasteiger partial charge >= 0.3 is 12.0 Å². The summed E-state index contributed by atoms with van der Waals surface area (Å²) in [5, 5.41) is 12.9. The molecule has 2 amide bonds. The number of carboxylic acid groups (broad SMARTS) is 1. The molecule has 1 aliphatic rings. The third kappa shape index (κ3) is 2.50. The zero-order chi connectivity index (χ0) is 15.0. The number of likely N-dealkylation sites (tertiary alicyclic amines) is 1. The first-order valence-electron chi connectivity index (χ1n) is 6.38. The third-order valence-electron chi connectivity index (χ3n) is 3.48. The van der Waals surface area contributed by atoms with E-state index in [0.29, 0.717) is 16.2 Å². The van der Waals surface area contributed by atoms with E-state index < -0.39 is 11.9 Å². The average Bonchev–Trinajstić information content (AvgIpc) is 2.40. The van der Waals surface area contributed by atoms with Gasteiger partial charge in [0.2, 0.25) is 0 Å². The first kappa shape index (κ1) is 13.6. The number of anilines is 1. The van der Waals surface area contributed by atoms with E-state index in [1.54, 1.807) is 24.4 Å². The normalized spacial score (nSPS) is 14.8. The summed E-state index contributed by atoms with van der Waals surface area (Å²) in [7, 11) is 0. The molecule has 0 spiro atoms. The van der Waals surface area contributed by atoms with Crippen LogP contribution in [0.25, 0.3) is 10.9 Å². The van der Waals surface area contributed by atoms with Crippen LogP contribution in [-0.4, -0.2) is 40.1 Å². The molecule has 0 atom stereocenters. The van der Waals surface area contributed by atoms with Crippen molar-refractivity contribution in [2.45, 2.75) is 0 Å². The Kier molecular flexibility index (Phi) is 3.39. The van der Waals surface area contributed by atoms with E-state index in [4.69, 9.17) is 16.7 Å². The summed E-state index contributed by atoms with van der Waals surface area (Å²) in [5.74, 6) is -1.35. The third-order valence-corrected chi connectivity index (χ3v) is 3.81. The molecule has 1 saturated heterocycles. The Morgan fingerprint density at radius 3 is 2.81 bits per heavy atom. The van der Waals surface area contributed by atoms with Crippen LogP contribution in [0, 0.1) is 5.92 Å². The SMILES string of the molecule is O=C(O)C1CN(C(=O)Nc2ccc(Cl)c3cccnc23)C1. The van der Waals surface area contributed by atoms with Crippen molar-refractivity contribution in [2.24, 2.45) is 5.92 Å². The van der Waals surface area contributed by atoms with Gasteiger partial charge < -0.3 is 15.3 Å². The molecule has 2 heterocycles. The van der Waals surface area contributed by atoms with Crippen molar-refractivity contribution in [1.29, 1.82) is 0 Å². The summed E-state index contributed by atoms with van der Waals surface area (Å²) >= 11 is 6.09. The number of amides is 2. The maximum atomic E-state index is 12.1. The topological polar surface area (TPSA) is 82.5 Å². The fourth-order valence-electron chi connectivity index (χ4n) is 2.23. The van der Waals surface area contributed by atoms with Crippen LogP contribution >= 0.6 is 11.6 Å². The summed E-state index contributed by atoms with van der Waals surface area (Å²) in [4.78, 5) is 28.5. The number of halogens is 1. The quantitative estimate of drug-likeness (QED) is 0.892. The van der Waals surface area contributed by atoms with Crippen molar-refractivity contribution < 1.29 is 14.7 Å². The van der Waals surface area contributed by atoms with E-state index in [0.717, 1.165) is 5.39 Å². The summed E-state index contributed by atoms with van der Waals surface area (Å²) in [6, 6.07) is 6.64. The Bertz CT molecular complexity index is 728. The van der Waals surface area contributed by atoms with E-state index in [9.17, 15) is 9.59 Å². The highest BCUT2D eigenvalue weighted by Gasteiger charge is 2.35. The first-order valence-corrected chi connectivity index (χ1v) is 6.76. The fourth-order valence-corrected chi connectivity index (χ4v) is 2.45. The number of carboxylic acids is 1.